The van der Waals surface area contributed by atoms with Crippen molar-refractivity contribution in [2.75, 3.05) is 26.0 Å². The highest BCUT2D eigenvalue weighted by atomic mass is 16.2. The number of aryl methyl sites for hydroxylation is 1. The standard InChI is InChI=1S/C20H24N6O/c1-13-8-16(23-12-22-13)18-9-15-11-21-19(24-20(27)14-4-5-14)10-17(15)26(18)7-6-25(2)3/h8-12,14H,4-7H2,1-3H3,(H,21,24,27). The smallest absolute Gasteiger partial charge is 0.228 e. The summed E-state index contributed by atoms with van der Waals surface area (Å²) in [5.74, 6) is 0.830. The fourth-order valence-corrected chi connectivity index (χ4v) is 3.15. The lowest BCUT2D eigenvalue weighted by molar-refractivity contribution is -0.117. The van der Waals surface area contributed by atoms with Crippen LogP contribution in [0.3, 0.4) is 0 Å². The molecule has 0 atom stereocenters. The molecule has 1 N–H and O–H groups in total. The fourth-order valence-electron chi connectivity index (χ4n) is 3.15. The average molecular weight is 364 g/mol. The van der Waals surface area contributed by atoms with Crippen LogP contribution in [0.5, 0.6) is 0 Å². The van der Waals surface area contributed by atoms with E-state index in [0.29, 0.717) is 5.82 Å². The number of anilines is 1. The minimum atomic E-state index is 0.0693. The highest BCUT2D eigenvalue weighted by Crippen LogP contribution is 2.31. The molecule has 3 aromatic heterocycles. The predicted octanol–water partition coefficient (Wildman–Crippen LogP) is 2.71. The van der Waals surface area contributed by atoms with Gasteiger partial charge in [0.15, 0.2) is 0 Å². The highest BCUT2D eigenvalue weighted by molar-refractivity contribution is 5.95. The Morgan fingerprint density at radius 2 is 2.04 bits per heavy atom. The molecule has 1 fully saturated rings. The predicted molar refractivity (Wildman–Crippen MR) is 105 cm³/mol. The lowest BCUT2D eigenvalue weighted by Gasteiger charge is -2.15. The number of carbonyl (C=O) groups excluding carboxylic acids is 1. The molecule has 0 unspecified atom stereocenters. The van der Waals surface area contributed by atoms with Gasteiger partial charge >= 0.3 is 0 Å². The Kier molecular flexibility index (Phi) is 4.61. The number of amides is 1. The molecule has 27 heavy (non-hydrogen) atoms. The first kappa shape index (κ1) is 17.6. The first-order valence-corrected chi connectivity index (χ1v) is 9.25. The van der Waals surface area contributed by atoms with Crippen molar-refractivity contribution in [2.45, 2.75) is 26.3 Å². The van der Waals surface area contributed by atoms with Gasteiger partial charge in [-0.25, -0.2) is 15.0 Å². The van der Waals surface area contributed by atoms with E-state index in [1.54, 1.807) is 6.33 Å². The van der Waals surface area contributed by atoms with Crippen molar-refractivity contribution < 1.29 is 4.79 Å². The van der Waals surface area contributed by atoms with Gasteiger partial charge in [-0.2, -0.15) is 0 Å². The monoisotopic (exact) mass is 364 g/mol. The maximum Gasteiger partial charge on any atom is 0.228 e. The Morgan fingerprint density at radius 3 is 2.74 bits per heavy atom. The fraction of sp³-hybridized carbons (Fsp3) is 0.400. The van der Waals surface area contributed by atoms with E-state index in [0.717, 1.165) is 53.9 Å². The molecule has 1 aliphatic carbocycles. The summed E-state index contributed by atoms with van der Waals surface area (Å²) in [6, 6.07) is 6.05. The van der Waals surface area contributed by atoms with Gasteiger partial charge < -0.3 is 14.8 Å². The van der Waals surface area contributed by atoms with Gasteiger partial charge in [-0.1, -0.05) is 0 Å². The molecule has 7 heteroatoms. The number of nitrogens with zero attached hydrogens (tertiary/aromatic N) is 5. The summed E-state index contributed by atoms with van der Waals surface area (Å²) in [6.45, 7) is 3.67. The van der Waals surface area contributed by atoms with Crippen LogP contribution in [-0.4, -0.2) is 51.0 Å². The molecule has 7 nitrogen and oxygen atoms in total. The third kappa shape index (κ3) is 3.83. The Bertz CT molecular complexity index is 989. The maximum absolute atomic E-state index is 12.1. The largest absolute Gasteiger partial charge is 0.338 e. The number of rotatable bonds is 6. The van der Waals surface area contributed by atoms with Gasteiger partial charge in [-0.3, -0.25) is 4.79 Å². The second-order valence-corrected chi connectivity index (χ2v) is 7.42. The van der Waals surface area contributed by atoms with E-state index in [4.69, 9.17) is 0 Å². The summed E-state index contributed by atoms with van der Waals surface area (Å²) >= 11 is 0. The lowest BCUT2D eigenvalue weighted by Crippen LogP contribution is -2.19. The molecule has 1 aliphatic rings. The third-order valence-corrected chi connectivity index (χ3v) is 4.82. The maximum atomic E-state index is 12.1. The van der Waals surface area contributed by atoms with Gasteiger partial charge in [0.2, 0.25) is 5.91 Å². The van der Waals surface area contributed by atoms with Gasteiger partial charge in [0.25, 0.3) is 0 Å². The van der Waals surface area contributed by atoms with Crippen molar-refractivity contribution >= 4 is 22.6 Å². The molecule has 1 amide bonds. The van der Waals surface area contributed by atoms with Crippen molar-refractivity contribution in [2.24, 2.45) is 5.92 Å². The average Bonchev–Trinajstić information content (AvgIpc) is 3.42. The van der Waals surface area contributed by atoms with Crippen LogP contribution in [0.15, 0.2) is 30.7 Å². The Hall–Kier alpha value is -2.80. The molecule has 0 aliphatic heterocycles. The molecule has 4 rings (SSSR count). The molecule has 0 bridgehead atoms. The minimum absolute atomic E-state index is 0.0693. The first-order valence-electron chi connectivity index (χ1n) is 9.25. The Balaban J connectivity index is 1.76. The SMILES string of the molecule is Cc1cc(-c2cc3cnc(NC(=O)C4CC4)cc3n2CCN(C)C)ncn1. The normalized spacial score (nSPS) is 14.1. The van der Waals surface area contributed by atoms with Gasteiger partial charge in [0.05, 0.1) is 16.9 Å². The lowest BCUT2D eigenvalue weighted by atomic mass is 10.2. The number of carbonyl (C=O) groups is 1. The number of likely N-dealkylation sites (N-methyl/N-ethyl adjacent to an activating group) is 1. The summed E-state index contributed by atoms with van der Waals surface area (Å²) in [5.41, 5.74) is 3.90. The van der Waals surface area contributed by atoms with E-state index in [9.17, 15) is 4.79 Å². The van der Waals surface area contributed by atoms with E-state index in [-0.39, 0.29) is 11.8 Å². The number of pyridine rings is 1. The van der Waals surface area contributed by atoms with Crippen molar-refractivity contribution in [3.63, 3.8) is 0 Å². The number of hydrogen-bond donors (Lipinski definition) is 1. The van der Waals surface area contributed by atoms with Gasteiger partial charge in [0, 0.05) is 42.4 Å². The van der Waals surface area contributed by atoms with Crippen LogP contribution in [0.1, 0.15) is 18.5 Å². The van der Waals surface area contributed by atoms with Crippen LogP contribution in [0, 0.1) is 12.8 Å². The van der Waals surface area contributed by atoms with E-state index in [2.05, 4.69) is 49.9 Å². The summed E-state index contributed by atoms with van der Waals surface area (Å²) in [4.78, 5) is 27.3. The molecule has 140 valence electrons. The molecule has 0 saturated heterocycles. The molecule has 1 saturated carbocycles. The number of nitrogens with one attached hydrogen (secondary N) is 1. The van der Waals surface area contributed by atoms with E-state index < -0.39 is 0 Å². The zero-order valence-corrected chi connectivity index (χ0v) is 15.9. The number of aromatic nitrogens is 4. The van der Waals surface area contributed by atoms with E-state index >= 15 is 0 Å². The Labute approximate surface area is 158 Å². The van der Waals surface area contributed by atoms with Crippen LogP contribution in [-0.2, 0) is 11.3 Å². The summed E-state index contributed by atoms with van der Waals surface area (Å²) in [7, 11) is 4.12. The topological polar surface area (TPSA) is 75.9 Å². The molecule has 0 aromatic carbocycles. The second-order valence-electron chi connectivity index (χ2n) is 7.42. The van der Waals surface area contributed by atoms with Crippen molar-refractivity contribution in [1.29, 1.82) is 0 Å². The quantitative estimate of drug-likeness (QED) is 0.728. The summed E-state index contributed by atoms with van der Waals surface area (Å²) < 4.78 is 2.24. The van der Waals surface area contributed by atoms with Crippen molar-refractivity contribution in [3.8, 4) is 11.4 Å². The molecule has 0 radical (unpaired) electrons. The summed E-state index contributed by atoms with van der Waals surface area (Å²) in [5, 5.41) is 3.98. The van der Waals surface area contributed by atoms with E-state index in [1.165, 1.54) is 0 Å². The second kappa shape index (κ2) is 7.08. The third-order valence-electron chi connectivity index (χ3n) is 4.82. The zero-order valence-electron chi connectivity index (χ0n) is 15.9. The molecule has 3 aromatic rings. The molecule has 0 spiro atoms. The zero-order chi connectivity index (χ0) is 19.0. The molecule has 3 heterocycles. The van der Waals surface area contributed by atoms with Gasteiger partial charge in [-0.15, -0.1) is 0 Å². The van der Waals surface area contributed by atoms with Crippen molar-refractivity contribution in [1.82, 2.24) is 24.4 Å². The first-order chi connectivity index (χ1) is 13.0. The van der Waals surface area contributed by atoms with E-state index in [1.807, 2.05) is 25.3 Å². The van der Waals surface area contributed by atoms with Crippen LogP contribution >= 0.6 is 0 Å². The number of hydrogen-bond acceptors (Lipinski definition) is 5. The van der Waals surface area contributed by atoms with Crippen LogP contribution < -0.4 is 5.32 Å². The molecular formula is C20H24N6O. The van der Waals surface area contributed by atoms with Crippen LogP contribution in [0.4, 0.5) is 5.82 Å². The van der Waals surface area contributed by atoms with Gasteiger partial charge in [0.1, 0.15) is 12.1 Å². The Morgan fingerprint density at radius 1 is 1.22 bits per heavy atom. The van der Waals surface area contributed by atoms with Crippen LogP contribution in [0.2, 0.25) is 0 Å². The molecular weight excluding hydrogens is 340 g/mol. The van der Waals surface area contributed by atoms with Gasteiger partial charge in [-0.05, 0) is 46.0 Å². The van der Waals surface area contributed by atoms with Crippen LogP contribution in [0.25, 0.3) is 22.3 Å². The summed E-state index contributed by atoms with van der Waals surface area (Å²) in [6.07, 6.45) is 5.37. The minimum Gasteiger partial charge on any atom is -0.338 e. The highest BCUT2D eigenvalue weighted by Gasteiger charge is 2.29. The van der Waals surface area contributed by atoms with Crippen molar-refractivity contribution in [3.05, 3.63) is 36.4 Å². The number of fused-ring (bicyclic) bond motifs is 1.